The quantitative estimate of drug-likeness (QED) is 0.657. The minimum absolute atomic E-state index is 0.428. The molecule has 0 aromatic heterocycles. The molecule has 2 heterocycles. The van der Waals surface area contributed by atoms with Gasteiger partial charge in [-0.1, -0.05) is 11.6 Å². The molecule has 0 radical (unpaired) electrons. The first-order valence-corrected chi connectivity index (χ1v) is 9.63. The summed E-state index contributed by atoms with van der Waals surface area (Å²) >= 11 is 6.38. The van der Waals surface area contributed by atoms with E-state index < -0.39 is 10.8 Å². The van der Waals surface area contributed by atoms with Crippen molar-refractivity contribution in [1.82, 2.24) is 4.90 Å². The van der Waals surface area contributed by atoms with Crippen molar-refractivity contribution in [3.8, 4) is 0 Å². The molecule has 0 amide bonds. The number of halogens is 1. The number of nitrogens with two attached hydrogens (primary N) is 1. The number of anilines is 1. The normalized spacial score (nSPS) is 27.1. The van der Waals surface area contributed by atoms with Crippen LogP contribution in [0.15, 0.2) is 12.1 Å². The molecular formula is C16H22ClN3OS. The van der Waals surface area contributed by atoms with Crippen LogP contribution in [0.4, 0.5) is 5.69 Å². The van der Waals surface area contributed by atoms with Crippen molar-refractivity contribution in [2.45, 2.75) is 31.2 Å². The van der Waals surface area contributed by atoms with Crippen LogP contribution in [0.5, 0.6) is 0 Å². The van der Waals surface area contributed by atoms with E-state index in [9.17, 15) is 4.21 Å². The molecule has 2 aliphatic rings. The zero-order valence-corrected chi connectivity index (χ0v) is 14.1. The lowest BCUT2D eigenvalue weighted by atomic mass is 9.88. The smallest absolute Gasteiger partial charge is 0.0448 e. The molecule has 0 aliphatic carbocycles. The third kappa shape index (κ3) is 3.21. The number of nitrogens with zero attached hydrogens (tertiary/aromatic N) is 1. The Labute approximate surface area is 139 Å². The van der Waals surface area contributed by atoms with Gasteiger partial charge in [0.25, 0.3) is 0 Å². The van der Waals surface area contributed by atoms with Crippen LogP contribution in [0.1, 0.15) is 36.3 Å². The summed E-state index contributed by atoms with van der Waals surface area (Å²) < 4.78 is 11.6. The molecule has 120 valence electrons. The molecule has 22 heavy (non-hydrogen) atoms. The lowest BCUT2D eigenvalue weighted by molar-refractivity contribution is 0.165. The van der Waals surface area contributed by atoms with Gasteiger partial charge in [0.2, 0.25) is 0 Å². The SMILES string of the molecule is N=Cc1cc(Cl)c(C2CCN(C3CCS(=O)C3)CC2)cc1N. The van der Waals surface area contributed by atoms with Crippen molar-refractivity contribution >= 4 is 34.3 Å². The molecule has 0 bridgehead atoms. The molecule has 6 heteroatoms. The van der Waals surface area contributed by atoms with Crippen molar-refractivity contribution in [2.75, 3.05) is 30.3 Å². The highest BCUT2D eigenvalue weighted by molar-refractivity contribution is 7.85. The second-order valence-corrected chi connectivity index (χ2v) is 8.24. The van der Waals surface area contributed by atoms with Crippen LogP contribution >= 0.6 is 11.6 Å². The van der Waals surface area contributed by atoms with Crippen molar-refractivity contribution < 1.29 is 4.21 Å². The Morgan fingerprint density at radius 2 is 2.05 bits per heavy atom. The number of benzene rings is 1. The zero-order chi connectivity index (χ0) is 15.7. The van der Waals surface area contributed by atoms with Gasteiger partial charge in [0.1, 0.15) is 0 Å². The first-order chi connectivity index (χ1) is 10.6. The topological polar surface area (TPSA) is 70.2 Å². The number of nitrogen functional groups attached to an aromatic ring is 1. The number of hydrogen-bond donors (Lipinski definition) is 2. The van der Waals surface area contributed by atoms with E-state index >= 15 is 0 Å². The van der Waals surface area contributed by atoms with Gasteiger partial charge in [-0.05, 0) is 56.0 Å². The summed E-state index contributed by atoms with van der Waals surface area (Å²) in [5.41, 5.74) is 8.41. The Balaban J connectivity index is 1.67. The zero-order valence-electron chi connectivity index (χ0n) is 12.6. The van der Waals surface area contributed by atoms with E-state index in [0.29, 0.717) is 28.2 Å². The first-order valence-electron chi connectivity index (χ1n) is 7.77. The summed E-state index contributed by atoms with van der Waals surface area (Å²) in [7, 11) is -0.610. The highest BCUT2D eigenvalue weighted by Gasteiger charge is 2.31. The van der Waals surface area contributed by atoms with Crippen molar-refractivity contribution in [3.63, 3.8) is 0 Å². The molecule has 2 saturated heterocycles. The van der Waals surface area contributed by atoms with Gasteiger partial charge in [0.15, 0.2) is 0 Å². The maximum atomic E-state index is 11.6. The number of likely N-dealkylation sites (tertiary alicyclic amines) is 1. The van der Waals surface area contributed by atoms with Gasteiger partial charge < -0.3 is 11.1 Å². The van der Waals surface area contributed by atoms with E-state index in [-0.39, 0.29) is 0 Å². The average molecular weight is 340 g/mol. The number of rotatable bonds is 3. The van der Waals surface area contributed by atoms with E-state index in [1.165, 1.54) is 6.21 Å². The average Bonchev–Trinajstić information content (AvgIpc) is 2.96. The number of nitrogens with one attached hydrogen (secondary N) is 1. The van der Waals surface area contributed by atoms with E-state index in [1.807, 2.05) is 6.07 Å². The first kappa shape index (κ1) is 16.0. The Morgan fingerprint density at radius 1 is 1.32 bits per heavy atom. The molecule has 4 nitrogen and oxygen atoms in total. The fraction of sp³-hybridized carbons (Fsp3) is 0.562. The lowest BCUT2D eigenvalue weighted by Crippen LogP contribution is -2.41. The van der Waals surface area contributed by atoms with Crippen LogP contribution in [-0.2, 0) is 10.8 Å². The van der Waals surface area contributed by atoms with Gasteiger partial charge in [0.05, 0.1) is 0 Å². The maximum absolute atomic E-state index is 11.6. The van der Waals surface area contributed by atoms with Crippen molar-refractivity contribution in [2.24, 2.45) is 0 Å². The maximum Gasteiger partial charge on any atom is 0.0448 e. The van der Waals surface area contributed by atoms with Gasteiger partial charge in [-0.25, -0.2) is 0 Å². The van der Waals surface area contributed by atoms with Crippen LogP contribution < -0.4 is 5.73 Å². The Kier molecular flexibility index (Phi) is 4.85. The van der Waals surface area contributed by atoms with Crippen molar-refractivity contribution in [1.29, 1.82) is 5.41 Å². The monoisotopic (exact) mass is 339 g/mol. The summed E-state index contributed by atoms with van der Waals surface area (Å²) in [6.45, 7) is 2.07. The minimum Gasteiger partial charge on any atom is -0.398 e. The van der Waals surface area contributed by atoms with Gasteiger partial charge in [-0.15, -0.1) is 0 Å². The summed E-state index contributed by atoms with van der Waals surface area (Å²) in [5.74, 6) is 2.13. The fourth-order valence-corrected chi connectivity index (χ4v) is 5.41. The summed E-state index contributed by atoms with van der Waals surface area (Å²) in [4.78, 5) is 2.49. The van der Waals surface area contributed by atoms with Gasteiger partial charge in [-0.2, -0.15) is 0 Å². The van der Waals surface area contributed by atoms with Crippen LogP contribution in [0, 0.1) is 5.41 Å². The van der Waals surface area contributed by atoms with Gasteiger partial charge >= 0.3 is 0 Å². The fourth-order valence-electron chi connectivity index (χ4n) is 3.57. The van der Waals surface area contributed by atoms with E-state index in [2.05, 4.69) is 4.90 Å². The molecule has 2 aliphatic heterocycles. The Bertz CT molecular complexity index is 599. The van der Waals surface area contributed by atoms with E-state index in [4.69, 9.17) is 22.7 Å². The van der Waals surface area contributed by atoms with E-state index in [0.717, 1.165) is 49.4 Å². The molecule has 1 aromatic carbocycles. The second-order valence-electron chi connectivity index (χ2n) is 6.21. The minimum atomic E-state index is -0.610. The largest absolute Gasteiger partial charge is 0.398 e. The number of hydrogen-bond acceptors (Lipinski definition) is 4. The van der Waals surface area contributed by atoms with Gasteiger partial charge in [-0.3, -0.25) is 9.11 Å². The summed E-state index contributed by atoms with van der Waals surface area (Å²) in [5, 5.41) is 8.06. The Morgan fingerprint density at radius 3 is 2.64 bits per heavy atom. The third-order valence-corrected chi connectivity index (χ3v) is 6.68. The third-order valence-electron chi connectivity index (χ3n) is 4.90. The van der Waals surface area contributed by atoms with Crippen LogP contribution in [0.3, 0.4) is 0 Å². The predicted octanol–water partition coefficient (Wildman–Crippen LogP) is 2.62. The highest BCUT2D eigenvalue weighted by Crippen LogP contribution is 2.36. The number of piperidine rings is 1. The van der Waals surface area contributed by atoms with Crippen molar-refractivity contribution in [3.05, 3.63) is 28.3 Å². The molecular weight excluding hydrogens is 318 g/mol. The van der Waals surface area contributed by atoms with E-state index in [1.54, 1.807) is 6.07 Å². The standard InChI is InChI=1S/C16H22ClN3OS/c17-15-7-12(9-18)16(19)8-14(15)11-1-4-20(5-2-11)13-3-6-22(21)10-13/h7-9,11,13,18H,1-6,10,19H2. The van der Waals surface area contributed by atoms with Crippen LogP contribution in [-0.4, -0.2) is 46.0 Å². The molecule has 2 atom stereocenters. The molecule has 2 fully saturated rings. The van der Waals surface area contributed by atoms with Gasteiger partial charge in [0, 0.05) is 50.8 Å². The molecule has 0 spiro atoms. The van der Waals surface area contributed by atoms with Crippen LogP contribution in [0.2, 0.25) is 5.02 Å². The Hall–Kier alpha value is -0.910. The molecule has 2 unspecified atom stereocenters. The van der Waals surface area contributed by atoms with Crippen LogP contribution in [0.25, 0.3) is 0 Å². The molecule has 1 aromatic rings. The highest BCUT2D eigenvalue weighted by atomic mass is 35.5. The molecule has 3 rings (SSSR count). The predicted molar refractivity (Wildman–Crippen MR) is 93.6 cm³/mol. The second kappa shape index (κ2) is 6.69. The molecule has 0 saturated carbocycles. The molecule has 3 N–H and O–H groups in total. The lowest BCUT2D eigenvalue weighted by Gasteiger charge is -2.36. The summed E-state index contributed by atoms with van der Waals surface area (Å²) in [6, 6.07) is 4.24. The summed E-state index contributed by atoms with van der Waals surface area (Å²) in [6.07, 6.45) is 4.44.